The van der Waals surface area contributed by atoms with Gasteiger partial charge in [0, 0.05) is 13.2 Å². The van der Waals surface area contributed by atoms with Crippen molar-refractivity contribution in [2.24, 2.45) is 5.41 Å². The molecule has 0 fully saturated rings. The van der Waals surface area contributed by atoms with Crippen LogP contribution in [0.4, 0.5) is 10.8 Å². The first-order chi connectivity index (χ1) is 9.41. The average Bonchev–Trinajstić information content (AvgIpc) is 2.76. The summed E-state index contributed by atoms with van der Waals surface area (Å²) in [6.45, 7) is 7.11. The maximum atomic E-state index is 11.8. The summed E-state index contributed by atoms with van der Waals surface area (Å²) in [5.41, 5.74) is 6.04. The molecule has 0 saturated carbocycles. The smallest absolute Gasteiger partial charge is 0.344 e. The van der Waals surface area contributed by atoms with Crippen LogP contribution in [0.2, 0.25) is 0 Å². The van der Waals surface area contributed by atoms with Gasteiger partial charge < -0.3 is 20.9 Å². The number of carbonyl (C=O) groups excluding carboxylic acids is 1. The van der Waals surface area contributed by atoms with E-state index in [2.05, 4.69) is 23.5 Å². The molecule has 0 aliphatic carbocycles. The normalized spacial score (nSPS) is 11.4. The number of hydrogen-bond donors (Lipinski definition) is 3. The summed E-state index contributed by atoms with van der Waals surface area (Å²) < 4.78 is 8.98. The van der Waals surface area contributed by atoms with Gasteiger partial charge in [-0.15, -0.1) is 0 Å². The van der Waals surface area contributed by atoms with E-state index in [9.17, 15) is 4.79 Å². The van der Waals surface area contributed by atoms with E-state index in [-0.39, 0.29) is 17.8 Å². The summed E-state index contributed by atoms with van der Waals surface area (Å²) in [6.07, 6.45) is 1.64. The molecule has 7 heteroatoms. The molecule has 6 nitrogen and oxygen atoms in total. The van der Waals surface area contributed by atoms with Crippen LogP contribution in [0.15, 0.2) is 0 Å². The number of aliphatic hydroxyl groups excluding tert-OH is 1. The first-order valence-corrected chi connectivity index (χ1v) is 7.45. The molecule has 114 valence electrons. The van der Waals surface area contributed by atoms with Crippen LogP contribution in [0.1, 0.15) is 44.0 Å². The molecule has 0 aliphatic rings. The fraction of sp³-hybridized carbons (Fsp3) is 0.692. The van der Waals surface area contributed by atoms with Crippen molar-refractivity contribution in [3.05, 3.63) is 5.56 Å². The molecule has 1 aromatic heterocycles. The van der Waals surface area contributed by atoms with Crippen molar-refractivity contribution in [2.75, 3.05) is 30.8 Å². The molecule has 1 rings (SSSR count). The van der Waals surface area contributed by atoms with Crippen LogP contribution < -0.4 is 11.1 Å². The SMILES string of the molecule is CCOC(=O)c1c(N)nsc1NCC(C)(C)CCCO. The second kappa shape index (κ2) is 7.44. The van der Waals surface area contributed by atoms with Gasteiger partial charge in [-0.3, -0.25) is 0 Å². The Balaban J connectivity index is 2.71. The van der Waals surface area contributed by atoms with E-state index in [4.69, 9.17) is 15.6 Å². The monoisotopic (exact) mass is 301 g/mol. The molecule has 1 heterocycles. The number of nitrogens with one attached hydrogen (secondary N) is 1. The number of hydrogen-bond acceptors (Lipinski definition) is 7. The fourth-order valence-electron chi connectivity index (χ4n) is 1.79. The minimum Gasteiger partial charge on any atom is -0.462 e. The van der Waals surface area contributed by atoms with Gasteiger partial charge in [0.25, 0.3) is 0 Å². The minimum atomic E-state index is -0.450. The summed E-state index contributed by atoms with van der Waals surface area (Å²) >= 11 is 1.16. The summed E-state index contributed by atoms with van der Waals surface area (Å²) in [6, 6.07) is 0. The van der Waals surface area contributed by atoms with Gasteiger partial charge in [-0.1, -0.05) is 13.8 Å². The molecule has 0 aliphatic heterocycles. The van der Waals surface area contributed by atoms with Crippen molar-refractivity contribution in [2.45, 2.75) is 33.6 Å². The van der Waals surface area contributed by atoms with Gasteiger partial charge in [0.1, 0.15) is 10.6 Å². The molecule has 0 unspecified atom stereocenters. The molecular weight excluding hydrogens is 278 g/mol. The van der Waals surface area contributed by atoms with Crippen LogP contribution in [0.25, 0.3) is 0 Å². The zero-order valence-electron chi connectivity index (χ0n) is 12.2. The Morgan fingerprint density at radius 1 is 1.55 bits per heavy atom. The quantitative estimate of drug-likeness (QED) is 0.636. The topological polar surface area (TPSA) is 97.5 Å². The Kier molecular flexibility index (Phi) is 6.22. The number of nitrogens with two attached hydrogens (primary N) is 1. The Labute approximate surface area is 123 Å². The predicted octanol–water partition coefficient (Wildman–Crippen LogP) is 2.11. The Morgan fingerprint density at radius 2 is 2.25 bits per heavy atom. The lowest BCUT2D eigenvalue weighted by atomic mass is 9.88. The molecular formula is C13H23N3O3S. The number of nitrogen functional groups attached to an aromatic ring is 1. The molecule has 0 amide bonds. The lowest BCUT2D eigenvalue weighted by Gasteiger charge is -2.24. The standard InChI is InChI=1S/C13H23N3O3S/c1-4-19-12(18)9-10(14)16-20-11(9)15-8-13(2,3)6-5-7-17/h15,17H,4-8H2,1-3H3,(H2,14,16). The van der Waals surface area contributed by atoms with Crippen LogP contribution in [0.3, 0.4) is 0 Å². The van der Waals surface area contributed by atoms with Crippen molar-refractivity contribution < 1.29 is 14.6 Å². The van der Waals surface area contributed by atoms with E-state index < -0.39 is 5.97 Å². The molecule has 4 N–H and O–H groups in total. The first-order valence-electron chi connectivity index (χ1n) is 6.68. The molecule has 20 heavy (non-hydrogen) atoms. The third-order valence-electron chi connectivity index (χ3n) is 2.94. The largest absolute Gasteiger partial charge is 0.462 e. The number of carbonyl (C=O) groups is 1. The molecule has 0 bridgehead atoms. The molecule has 0 atom stereocenters. The van der Waals surface area contributed by atoms with E-state index >= 15 is 0 Å². The minimum absolute atomic E-state index is 0.00735. The maximum Gasteiger partial charge on any atom is 0.344 e. The number of ether oxygens (including phenoxy) is 1. The van der Waals surface area contributed by atoms with Crippen molar-refractivity contribution in [3.8, 4) is 0 Å². The van der Waals surface area contributed by atoms with E-state index in [1.54, 1.807) is 6.92 Å². The van der Waals surface area contributed by atoms with Crippen molar-refractivity contribution in [1.29, 1.82) is 0 Å². The van der Waals surface area contributed by atoms with E-state index in [0.29, 0.717) is 23.7 Å². The second-order valence-corrected chi connectivity index (χ2v) is 6.11. The maximum absolute atomic E-state index is 11.8. The van der Waals surface area contributed by atoms with Crippen LogP contribution in [-0.4, -0.2) is 35.2 Å². The van der Waals surface area contributed by atoms with E-state index in [0.717, 1.165) is 24.4 Å². The van der Waals surface area contributed by atoms with Gasteiger partial charge in [0.05, 0.1) is 6.61 Å². The van der Waals surface area contributed by atoms with Gasteiger partial charge in [-0.05, 0) is 36.7 Å². The van der Waals surface area contributed by atoms with E-state index in [1.165, 1.54) is 0 Å². The molecule has 0 saturated heterocycles. The van der Waals surface area contributed by atoms with Crippen molar-refractivity contribution >= 4 is 28.3 Å². The zero-order valence-corrected chi connectivity index (χ0v) is 13.0. The van der Waals surface area contributed by atoms with E-state index in [1.807, 2.05) is 0 Å². The third kappa shape index (κ3) is 4.64. The van der Waals surface area contributed by atoms with Gasteiger partial charge >= 0.3 is 5.97 Å². The average molecular weight is 301 g/mol. The first kappa shape index (κ1) is 16.7. The molecule has 0 aromatic carbocycles. The highest BCUT2D eigenvalue weighted by Gasteiger charge is 2.23. The zero-order chi connectivity index (χ0) is 15.2. The summed E-state index contributed by atoms with van der Waals surface area (Å²) in [7, 11) is 0. The van der Waals surface area contributed by atoms with Crippen molar-refractivity contribution in [3.63, 3.8) is 0 Å². The number of esters is 1. The Morgan fingerprint density at radius 3 is 2.85 bits per heavy atom. The van der Waals surface area contributed by atoms with Gasteiger partial charge in [0.15, 0.2) is 5.82 Å². The van der Waals surface area contributed by atoms with Gasteiger partial charge in [-0.25, -0.2) is 4.79 Å². The van der Waals surface area contributed by atoms with Gasteiger partial charge in [0.2, 0.25) is 0 Å². The van der Waals surface area contributed by atoms with Gasteiger partial charge in [-0.2, -0.15) is 4.37 Å². The number of rotatable bonds is 8. The number of aliphatic hydroxyl groups is 1. The summed E-state index contributed by atoms with van der Waals surface area (Å²) in [5, 5.41) is 12.7. The molecule has 1 aromatic rings. The molecule has 0 radical (unpaired) electrons. The third-order valence-corrected chi connectivity index (χ3v) is 3.76. The lowest BCUT2D eigenvalue weighted by Crippen LogP contribution is -2.24. The Hall–Kier alpha value is -1.34. The highest BCUT2D eigenvalue weighted by atomic mass is 32.1. The number of nitrogens with zero attached hydrogens (tertiary/aromatic N) is 1. The summed E-state index contributed by atoms with van der Waals surface area (Å²) in [4.78, 5) is 11.8. The fourth-order valence-corrected chi connectivity index (χ4v) is 2.49. The lowest BCUT2D eigenvalue weighted by molar-refractivity contribution is 0.0529. The van der Waals surface area contributed by atoms with Crippen LogP contribution in [0, 0.1) is 5.41 Å². The highest BCUT2D eigenvalue weighted by molar-refractivity contribution is 7.11. The second-order valence-electron chi connectivity index (χ2n) is 5.34. The predicted molar refractivity (Wildman–Crippen MR) is 81.1 cm³/mol. The summed E-state index contributed by atoms with van der Waals surface area (Å²) in [5.74, 6) is -0.251. The van der Waals surface area contributed by atoms with Crippen LogP contribution >= 0.6 is 11.5 Å². The van der Waals surface area contributed by atoms with Crippen molar-refractivity contribution in [1.82, 2.24) is 4.37 Å². The highest BCUT2D eigenvalue weighted by Crippen LogP contribution is 2.30. The number of aromatic nitrogens is 1. The Bertz CT molecular complexity index is 446. The van der Waals surface area contributed by atoms with Crippen LogP contribution in [-0.2, 0) is 4.74 Å². The molecule has 0 spiro atoms. The van der Waals surface area contributed by atoms with Crippen LogP contribution in [0.5, 0.6) is 0 Å². The number of anilines is 2.